The third-order valence-electron chi connectivity index (χ3n) is 4.34. The van der Waals surface area contributed by atoms with E-state index in [2.05, 4.69) is 28.5 Å². The Balaban J connectivity index is 1.66. The highest BCUT2D eigenvalue weighted by Crippen LogP contribution is 2.35. The van der Waals surface area contributed by atoms with Gasteiger partial charge < -0.3 is 10.1 Å². The van der Waals surface area contributed by atoms with Gasteiger partial charge in [0.1, 0.15) is 18.1 Å². The van der Waals surface area contributed by atoms with Crippen molar-refractivity contribution >= 4 is 18.1 Å². The van der Waals surface area contributed by atoms with Crippen LogP contribution in [0.4, 0.5) is 0 Å². The molecule has 0 bridgehead atoms. The molecule has 0 saturated heterocycles. The van der Waals surface area contributed by atoms with Gasteiger partial charge in [0.05, 0.1) is 6.61 Å². The second-order valence-electron chi connectivity index (χ2n) is 6.09. The maximum absolute atomic E-state index is 12.4. The second-order valence-corrected chi connectivity index (χ2v) is 6.48. The molecule has 128 valence electrons. The van der Waals surface area contributed by atoms with Crippen molar-refractivity contribution < 1.29 is 9.53 Å². The number of aromatic nitrogens is 3. The molecule has 0 spiro atoms. The van der Waals surface area contributed by atoms with Crippen LogP contribution < -0.4 is 10.1 Å². The van der Waals surface area contributed by atoms with Crippen molar-refractivity contribution in [3.05, 3.63) is 40.4 Å². The van der Waals surface area contributed by atoms with Crippen molar-refractivity contribution in [1.29, 1.82) is 0 Å². The van der Waals surface area contributed by atoms with E-state index < -0.39 is 0 Å². The number of benzene rings is 1. The lowest BCUT2D eigenvalue weighted by molar-refractivity contribution is -0.122. The van der Waals surface area contributed by atoms with E-state index in [1.54, 1.807) is 4.57 Å². The summed E-state index contributed by atoms with van der Waals surface area (Å²) in [7, 11) is 0. The Morgan fingerprint density at radius 2 is 2.33 bits per heavy atom. The summed E-state index contributed by atoms with van der Waals surface area (Å²) in [4.78, 5) is 12.4. The van der Waals surface area contributed by atoms with Crippen molar-refractivity contribution in [3.8, 4) is 5.75 Å². The maximum atomic E-state index is 12.4. The first-order chi connectivity index (χ1) is 11.6. The number of carbonyl (C=O) groups excluding carboxylic acids is 1. The van der Waals surface area contributed by atoms with E-state index in [1.165, 1.54) is 0 Å². The molecule has 0 radical (unpaired) electrons. The highest BCUT2D eigenvalue weighted by Gasteiger charge is 2.29. The number of rotatable bonds is 6. The molecule has 0 saturated carbocycles. The zero-order valence-corrected chi connectivity index (χ0v) is 14.7. The molecule has 6 nitrogen and oxygen atoms in total. The number of H-pyrrole nitrogens is 1. The van der Waals surface area contributed by atoms with E-state index in [0.29, 0.717) is 11.4 Å². The number of hydrogen-bond acceptors (Lipinski definition) is 4. The van der Waals surface area contributed by atoms with Crippen LogP contribution in [-0.2, 0) is 17.8 Å². The minimum absolute atomic E-state index is 0.0168. The molecule has 1 aromatic heterocycles. The largest absolute Gasteiger partial charge is 0.493 e. The van der Waals surface area contributed by atoms with Crippen molar-refractivity contribution in [3.63, 3.8) is 0 Å². The van der Waals surface area contributed by atoms with Crippen LogP contribution in [-0.4, -0.2) is 33.3 Å². The molecule has 2 atom stereocenters. The molecule has 0 fully saturated rings. The maximum Gasteiger partial charge on any atom is 0.240 e. The second kappa shape index (κ2) is 7.17. The molecule has 2 unspecified atom stereocenters. The van der Waals surface area contributed by atoms with Gasteiger partial charge in [-0.2, -0.15) is 5.10 Å². The Morgan fingerprint density at radius 3 is 3.12 bits per heavy atom. The molecule has 2 aromatic rings. The van der Waals surface area contributed by atoms with Crippen LogP contribution in [0.25, 0.3) is 0 Å². The fraction of sp³-hybridized carbons (Fsp3) is 0.471. The Bertz CT molecular complexity index is 783. The van der Waals surface area contributed by atoms with Crippen molar-refractivity contribution in [2.24, 2.45) is 0 Å². The van der Waals surface area contributed by atoms with Crippen molar-refractivity contribution in [1.82, 2.24) is 20.1 Å². The monoisotopic (exact) mass is 346 g/mol. The Morgan fingerprint density at radius 1 is 1.54 bits per heavy atom. The lowest BCUT2D eigenvalue weighted by Gasteiger charge is -2.20. The van der Waals surface area contributed by atoms with Crippen LogP contribution in [0.1, 0.15) is 37.6 Å². The van der Waals surface area contributed by atoms with Gasteiger partial charge >= 0.3 is 0 Å². The lowest BCUT2D eigenvalue weighted by atomic mass is 9.94. The van der Waals surface area contributed by atoms with Gasteiger partial charge in [-0.25, -0.2) is 0 Å². The van der Waals surface area contributed by atoms with Gasteiger partial charge in [0.25, 0.3) is 0 Å². The molecule has 1 aromatic carbocycles. The molecule has 1 aliphatic heterocycles. The van der Waals surface area contributed by atoms with E-state index in [4.69, 9.17) is 17.0 Å². The third-order valence-corrected chi connectivity index (χ3v) is 4.65. The van der Waals surface area contributed by atoms with Crippen molar-refractivity contribution in [2.45, 2.75) is 45.2 Å². The normalized spacial score (nSPS) is 17.2. The third kappa shape index (κ3) is 3.36. The number of nitrogens with zero attached hydrogens (tertiary/aromatic N) is 2. The molecule has 1 aliphatic rings. The molecule has 1 amide bonds. The fourth-order valence-electron chi connectivity index (χ4n) is 3.07. The number of aryl methyl sites for hydroxylation is 1. The molecular weight excluding hydrogens is 324 g/mol. The number of amides is 1. The number of ether oxygens (including phenoxy) is 1. The van der Waals surface area contributed by atoms with Gasteiger partial charge in [-0.15, -0.1) is 0 Å². The predicted molar refractivity (Wildman–Crippen MR) is 93.7 cm³/mol. The highest BCUT2D eigenvalue weighted by atomic mass is 32.1. The van der Waals surface area contributed by atoms with E-state index in [-0.39, 0.29) is 24.4 Å². The summed E-state index contributed by atoms with van der Waals surface area (Å²) >= 11 is 5.22. The topological polar surface area (TPSA) is 71.9 Å². The summed E-state index contributed by atoms with van der Waals surface area (Å²) in [5, 5.41) is 10.0. The first kappa shape index (κ1) is 16.7. The summed E-state index contributed by atoms with van der Waals surface area (Å²) < 4.78 is 7.95. The van der Waals surface area contributed by atoms with E-state index in [0.717, 1.165) is 30.0 Å². The van der Waals surface area contributed by atoms with Gasteiger partial charge in [-0.3, -0.25) is 14.5 Å². The van der Waals surface area contributed by atoms with Crippen LogP contribution in [0.5, 0.6) is 5.75 Å². The van der Waals surface area contributed by atoms with Crippen LogP contribution in [0, 0.1) is 4.77 Å². The average molecular weight is 346 g/mol. The first-order valence-electron chi connectivity index (χ1n) is 8.25. The van der Waals surface area contributed by atoms with Gasteiger partial charge in [-0.1, -0.05) is 25.1 Å². The number of fused-ring (bicyclic) bond motifs is 1. The summed E-state index contributed by atoms with van der Waals surface area (Å²) in [6, 6.07) is 7.96. The molecule has 2 heterocycles. The van der Waals surface area contributed by atoms with Gasteiger partial charge in [0.15, 0.2) is 4.77 Å². The summed E-state index contributed by atoms with van der Waals surface area (Å²) in [5.41, 5.74) is 1.15. The molecular formula is C17H22N4O2S. The Labute approximate surface area is 146 Å². The molecule has 3 rings (SSSR count). The quantitative estimate of drug-likeness (QED) is 0.789. The first-order valence-corrected chi connectivity index (χ1v) is 8.66. The summed E-state index contributed by atoms with van der Waals surface area (Å²) in [6.45, 7) is 4.86. The zero-order chi connectivity index (χ0) is 17.1. The minimum Gasteiger partial charge on any atom is -0.493 e. The van der Waals surface area contributed by atoms with Crippen LogP contribution in [0.2, 0.25) is 0 Å². The van der Waals surface area contributed by atoms with Crippen LogP contribution >= 0.6 is 12.2 Å². The molecule has 2 N–H and O–H groups in total. The van der Waals surface area contributed by atoms with Gasteiger partial charge in [0.2, 0.25) is 5.91 Å². The standard InChI is InChI=1S/C17H22N4O2S/c1-3-6-15-19-20-17(24)21(15)9-16(22)18-11(2)13-10-23-14-8-5-4-7-12(13)14/h4-5,7-8,11,13H,3,6,9-10H2,1-2H3,(H,18,22)(H,20,24). The number of para-hydroxylation sites is 1. The van der Waals surface area contributed by atoms with Crippen molar-refractivity contribution in [2.75, 3.05) is 6.61 Å². The lowest BCUT2D eigenvalue weighted by Crippen LogP contribution is -2.39. The number of hydrogen-bond donors (Lipinski definition) is 2. The van der Waals surface area contributed by atoms with E-state index >= 15 is 0 Å². The average Bonchev–Trinajstić information content (AvgIpc) is 3.13. The summed E-state index contributed by atoms with van der Waals surface area (Å²) in [6.07, 6.45) is 1.74. The SMILES string of the molecule is CCCc1n[nH]c(=S)n1CC(=O)NC(C)C1COc2ccccc21. The minimum atomic E-state index is -0.0678. The number of carbonyl (C=O) groups is 1. The molecule has 7 heteroatoms. The molecule has 0 aliphatic carbocycles. The predicted octanol–water partition coefficient (Wildman–Crippen LogP) is 2.57. The number of aromatic amines is 1. The van der Waals surface area contributed by atoms with Gasteiger partial charge in [0, 0.05) is 23.9 Å². The van der Waals surface area contributed by atoms with E-state index in [9.17, 15) is 4.79 Å². The zero-order valence-electron chi connectivity index (χ0n) is 13.9. The highest BCUT2D eigenvalue weighted by molar-refractivity contribution is 7.71. The smallest absolute Gasteiger partial charge is 0.240 e. The molecule has 24 heavy (non-hydrogen) atoms. The Hall–Kier alpha value is -2.15. The van der Waals surface area contributed by atoms with Crippen LogP contribution in [0.15, 0.2) is 24.3 Å². The van der Waals surface area contributed by atoms with E-state index in [1.807, 2.05) is 25.1 Å². The van der Waals surface area contributed by atoms with Gasteiger partial charge in [-0.05, 0) is 31.6 Å². The fourth-order valence-corrected chi connectivity index (χ4v) is 3.29. The summed E-state index contributed by atoms with van der Waals surface area (Å²) in [5.74, 6) is 1.82. The van der Waals surface area contributed by atoms with Crippen LogP contribution in [0.3, 0.4) is 0 Å². The Kier molecular flexibility index (Phi) is 4.99. The number of nitrogens with one attached hydrogen (secondary N) is 2.